The third-order valence-electron chi connectivity index (χ3n) is 5.76. The molecule has 2 aromatic heterocycles. The molecule has 0 radical (unpaired) electrons. The Bertz CT molecular complexity index is 720. The van der Waals surface area contributed by atoms with Crippen molar-refractivity contribution in [2.45, 2.75) is 56.6 Å². The topological polar surface area (TPSA) is 102 Å². The highest BCUT2D eigenvalue weighted by Gasteiger charge is 2.25. The average Bonchev–Trinajstić information content (AvgIpc) is 3.18. The van der Waals surface area contributed by atoms with Crippen LogP contribution in [0.1, 0.15) is 50.0 Å². The van der Waals surface area contributed by atoms with Gasteiger partial charge in [0.2, 0.25) is 5.95 Å². The number of piperidine rings is 1. The van der Waals surface area contributed by atoms with Gasteiger partial charge in [-0.3, -0.25) is 5.10 Å². The molecule has 3 heterocycles. The van der Waals surface area contributed by atoms with Crippen LogP contribution in [0, 0.1) is 0 Å². The number of hydrogen-bond donors (Lipinski definition) is 4. The van der Waals surface area contributed by atoms with Gasteiger partial charge in [0.1, 0.15) is 11.6 Å². The van der Waals surface area contributed by atoms with Crippen molar-refractivity contribution in [3.05, 3.63) is 24.0 Å². The predicted octanol–water partition coefficient (Wildman–Crippen LogP) is 2.47. The van der Waals surface area contributed by atoms with Crippen molar-refractivity contribution in [3.63, 3.8) is 0 Å². The molecule has 2 aliphatic rings. The SMILES string of the molecule is CN1CCC(c2cnc(Nc3ccn[nH]3)nc2NC2CCC(O)CC2)CC1. The lowest BCUT2D eigenvalue weighted by Crippen LogP contribution is -2.31. The first-order valence-corrected chi connectivity index (χ1v) is 9.94. The van der Waals surface area contributed by atoms with E-state index in [1.54, 1.807) is 6.20 Å². The number of likely N-dealkylation sites (tertiary alicyclic amines) is 1. The largest absolute Gasteiger partial charge is 0.393 e. The molecule has 2 fully saturated rings. The van der Waals surface area contributed by atoms with Gasteiger partial charge in [0.05, 0.1) is 12.3 Å². The maximum absolute atomic E-state index is 9.79. The fraction of sp³-hybridized carbons (Fsp3) is 0.632. The number of aromatic amines is 1. The lowest BCUT2D eigenvalue weighted by atomic mass is 9.89. The molecule has 0 bridgehead atoms. The van der Waals surface area contributed by atoms with Crippen LogP contribution in [0.5, 0.6) is 0 Å². The molecule has 0 aromatic carbocycles. The number of anilines is 3. The standard InChI is InChI=1S/C19H29N7O/c1-26-10-7-13(8-11-26)16-12-20-19(23-17-6-9-21-25-17)24-18(16)22-14-2-4-15(27)5-3-14/h6,9,12-15,27H,2-5,7-8,10-11H2,1H3,(H3,20,21,22,23,24,25). The Hall–Kier alpha value is -2.19. The Morgan fingerprint density at radius 3 is 2.63 bits per heavy atom. The summed E-state index contributed by atoms with van der Waals surface area (Å²) in [5, 5.41) is 23.5. The summed E-state index contributed by atoms with van der Waals surface area (Å²) in [6, 6.07) is 2.21. The minimum absolute atomic E-state index is 0.153. The fourth-order valence-corrected chi connectivity index (χ4v) is 4.04. The summed E-state index contributed by atoms with van der Waals surface area (Å²) in [4.78, 5) is 11.7. The average molecular weight is 371 g/mol. The molecule has 0 spiro atoms. The lowest BCUT2D eigenvalue weighted by molar-refractivity contribution is 0.126. The Morgan fingerprint density at radius 2 is 1.93 bits per heavy atom. The predicted molar refractivity (Wildman–Crippen MR) is 105 cm³/mol. The molecule has 27 heavy (non-hydrogen) atoms. The summed E-state index contributed by atoms with van der Waals surface area (Å²) in [6.45, 7) is 2.21. The van der Waals surface area contributed by atoms with E-state index in [1.807, 2.05) is 12.3 Å². The van der Waals surface area contributed by atoms with Crippen LogP contribution >= 0.6 is 0 Å². The van der Waals surface area contributed by atoms with Crippen LogP contribution in [-0.2, 0) is 0 Å². The van der Waals surface area contributed by atoms with E-state index in [2.05, 4.69) is 37.8 Å². The number of H-pyrrole nitrogens is 1. The lowest BCUT2D eigenvalue weighted by Gasteiger charge is -2.32. The van der Waals surface area contributed by atoms with Gasteiger partial charge in [0.15, 0.2) is 0 Å². The van der Waals surface area contributed by atoms with Crippen LogP contribution in [0.4, 0.5) is 17.6 Å². The molecule has 4 rings (SSSR count). The van der Waals surface area contributed by atoms with E-state index in [0.717, 1.165) is 63.3 Å². The smallest absolute Gasteiger partial charge is 0.230 e. The highest BCUT2D eigenvalue weighted by atomic mass is 16.3. The number of aliphatic hydroxyl groups excluding tert-OH is 1. The van der Waals surface area contributed by atoms with E-state index < -0.39 is 0 Å². The van der Waals surface area contributed by atoms with E-state index in [0.29, 0.717) is 17.9 Å². The highest BCUT2D eigenvalue weighted by Crippen LogP contribution is 2.33. The summed E-state index contributed by atoms with van der Waals surface area (Å²) >= 11 is 0. The van der Waals surface area contributed by atoms with Gasteiger partial charge < -0.3 is 20.6 Å². The van der Waals surface area contributed by atoms with Crippen molar-refractivity contribution in [2.75, 3.05) is 30.8 Å². The van der Waals surface area contributed by atoms with Crippen molar-refractivity contribution in [1.82, 2.24) is 25.1 Å². The Morgan fingerprint density at radius 1 is 1.15 bits per heavy atom. The monoisotopic (exact) mass is 371 g/mol. The second-order valence-corrected chi connectivity index (χ2v) is 7.82. The molecule has 0 amide bonds. The van der Waals surface area contributed by atoms with E-state index >= 15 is 0 Å². The van der Waals surface area contributed by atoms with Crippen molar-refractivity contribution in [1.29, 1.82) is 0 Å². The number of nitrogens with zero attached hydrogens (tertiary/aromatic N) is 4. The number of aromatic nitrogens is 4. The van der Waals surface area contributed by atoms with Crippen LogP contribution in [0.3, 0.4) is 0 Å². The van der Waals surface area contributed by atoms with Gasteiger partial charge >= 0.3 is 0 Å². The quantitative estimate of drug-likeness (QED) is 0.640. The van der Waals surface area contributed by atoms with Crippen LogP contribution in [0.2, 0.25) is 0 Å². The van der Waals surface area contributed by atoms with Crippen LogP contribution < -0.4 is 10.6 Å². The van der Waals surface area contributed by atoms with Crippen molar-refractivity contribution in [3.8, 4) is 0 Å². The molecular formula is C19H29N7O. The second-order valence-electron chi connectivity index (χ2n) is 7.82. The molecule has 4 N–H and O–H groups in total. The van der Waals surface area contributed by atoms with Crippen molar-refractivity contribution >= 4 is 17.6 Å². The van der Waals surface area contributed by atoms with Gasteiger partial charge in [-0.2, -0.15) is 10.1 Å². The zero-order valence-corrected chi connectivity index (χ0v) is 15.9. The molecule has 1 saturated carbocycles. The number of nitrogens with one attached hydrogen (secondary N) is 3. The maximum Gasteiger partial charge on any atom is 0.230 e. The zero-order chi connectivity index (χ0) is 18.6. The number of hydrogen-bond acceptors (Lipinski definition) is 7. The first-order valence-electron chi connectivity index (χ1n) is 9.94. The number of aliphatic hydroxyl groups is 1. The van der Waals surface area contributed by atoms with Gasteiger partial charge in [0, 0.05) is 23.9 Å². The third kappa shape index (κ3) is 4.56. The molecule has 1 saturated heterocycles. The summed E-state index contributed by atoms with van der Waals surface area (Å²) in [5.41, 5.74) is 1.21. The van der Waals surface area contributed by atoms with Gasteiger partial charge in [-0.25, -0.2) is 4.98 Å². The molecule has 146 valence electrons. The molecule has 1 aliphatic heterocycles. The first-order chi connectivity index (χ1) is 13.2. The van der Waals surface area contributed by atoms with E-state index in [-0.39, 0.29) is 6.10 Å². The molecular weight excluding hydrogens is 342 g/mol. The normalized spacial score (nSPS) is 24.7. The first kappa shape index (κ1) is 18.2. The minimum atomic E-state index is -0.153. The van der Waals surface area contributed by atoms with Crippen LogP contribution in [-0.4, -0.2) is 62.5 Å². The summed E-state index contributed by atoms with van der Waals surface area (Å²) < 4.78 is 0. The second kappa shape index (κ2) is 8.22. The van der Waals surface area contributed by atoms with Crippen molar-refractivity contribution in [2.24, 2.45) is 0 Å². The third-order valence-corrected chi connectivity index (χ3v) is 5.76. The molecule has 0 atom stereocenters. The summed E-state index contributed by atoms with van der Waals surface area (Å²) in [6.07, 6.45) is 9.43. The van der Waals surface area contributed by atoms with E-state index in [9.17, 15) is 5.11 Å². The van der Waals surface area contributed by atoms with Crippen LogP contribution in [0.15, 0.2) is 18.5 Å². The molecule has 8 heteroatoms. The van der Waals surface area contributed by atoms with E-state index in [4.69, 9.17) is 4.98 Å². The molecule has 8 nitrogen and oxygen atoms in total. The van der Waals surface area contributed by atoms with Gasteiger partial charge in [0.25, 0.3) is 0 Å². The fourth-order valence-electron chi connectivity index (χ4n) is 4.04. The summed E-state index contributed by atoms with van der Waals surface area (Å²) in [5.74, 6) is 2.75. The van der Waals surface area contributed by atoms with E-state index in [1.165, 1.54) is 5.56 Å². The van der Waals surface area contributed by atoms with Gasteiger partial charge in [-0.1, -0.05) is 0 Å². The van der Waals surface area contributed by atoms with Gasteiger partial charge in [-0.15, -0.1) is 0 Å². The number of rotatable bonds is 5. The Kier molecular flexibility index (Phi) is 5.54. The van der Waals surface area contributed by atoms with Crippen molar-refractivity contribution < 1.29 is 5.11 Å². The highest BCUT2D eigenvalue weighted by molar-refractivity contribution is 5.54. The van der Waals surface area contributed by atoms with Crippen LogP contribution in [0.25, 0.3) is 0 Å². The molecule has 1 aliphatic carbocycles. The Balaban J connectivity index is 1.55. The van der Waals surface area contributed by atoms with Gasteiger partial charge in [-0.05, 0) is 64.6 Å². The molecule has 2 aromatic rings. The zero-order valence-electron chi connectivity index (χ0n) is 15.9. The minimum Gasteiger partial charge on any atom is -0.393 e. The maximum atomic E-state index is 9.79. The Labute approximate surface area is 159 Å². The summed E-state index contributed by atoms with van der Waals surface area (Å²) in [7, 11) is 2.18. The molecule has 0 unspecified atom stereocenters.